The Hall–Kier alpha value is -3.72. The van der Waals surface area contributed by atoms with Crippen molar-refractivity contribution < 1.29 is 4.79 Å². The van der Waals surface area contributed by atoms with Gasteiger partial charge in [-0.25, -0.2) is 4.98 Å². The van der Waals surface area contributed by atoms with Gasteiger partial charge in [0.25, 0.3) is 0 Å². The van der Waals surface area contributed by atoms with Crippen LogP contribution in [0, 0.1) is 6.92 Å². The molecule has 163 valence electrons. The van der Waals surface area contributed by atoms with Crippen molar-refractivity contribution in [1.29, 1.82) is 0 Å². The maximum absolute atomic E-state index is 13.7. The fourth-order valence-corrected chi connectivity index (χ4v) is 4.58. The quantitative estimate of drug-likeness (QED) is 0.260. The molecule has 0 unspecified atom stereocenters. The molecule has 0 spiro atoms. The molecule has 0 bridgehead atoms. The van der Waals surface area contributed by atoms with Crippen LogP contribution in [-0.4, -0.2) is 15.3 Å². The van der Waals surface area contributed by atoms with Gasteiger partial charge in [-0.05, 0) is 40.5 Å². The van der Waals surface area contributed by atoms with Crippen LogP contribution in [0.5, 0.6) is 0 Å². The van der Waals surface area contributed by atoms with Crippen LogP contribution < -0.4 is 0 Å². The van der Waals surface area contributed by atoms with Gasteiger partial charge < -0.3 is 4.57 Å². The normalized spacial score (nSPS) is 11.3. The van der Waals surface area contributed by atoms with Crippen molar-refractivity contribution >= 4 is 27.3 Å². The zero-order chi connectivity index (χ0) is 22.8. The minimum atomic E-state index is -0.0637. The summed E-state index contributed by atoms with van der Waals surface area (Å²) < 4.78 is 2.13. The Kier molecular flexibility index (Phi) is 5.78. The maximum Gasteiger partial charge on any atom is 0.213 e. The van der Waals surface area contributed by atoms with E-state index in [9.17, 15) is 4.79 Å². The number of imidazole rings is 1. The zero-order valence-corrected chi connectivity index (χ0v) is 18.9. The van der Waals surface area contributed by atoms with Crippen molar-refractivity contribution in [2.45, 2.75) is 32.7 Å². The Balaban J connectivity index is 1.60. The van der Waals surface area contributed by atoms with Crippen LogP contribution in [0.2, 0.25) is 0 Å². The first-order valence-electron chi connectivity index (χ1n) is 11.6. The average molecular weight is 432 g/mol. The Morgan fingerprint density at radius 2 is 1.48 bits per heavy atom. The molecule has 4 aromatic carbocycles. The lowest BCUT2D eigenvalue weighted by molar-refractivity contribution is 0.103. The molecule has 0 aliphatic carbocycles. The van der Waals surface area contributed by atoms with Crippen molar-refractivity contribution in [1.82, 2.24) is 9.55 Å². The molecule has 3 heteroatoms. The number of carbonyl (C=O) groups is 1. The molecule has 0 amide bonds. The Morgan fingerprint density at radius 1 is 0.848 bits per heavy atom. The number of hydrogen-bond donors (Lipinski definition) is 0. The second-order valence-corrected chi connectivity index (χ2v) is 8.51. The second kappa shape index (κ2) is 9.03. The van der Waals surface area contributed by atoms with Gasteiger partial charge in [0.05, 0.1) is 0 Å². The highest BCUT2D eigenvalue weighted by Gasteiger charge is 2.22. The molecule has 0 aliphatic rings. The largest absolute Gasteiger partial charge is 0.327 e. The zero-order valence-electron chi connectivity index (χ0n) is 18.9. The van der Waals surface area contributed by atoms with Crippen molar-refractivity contribution in [2.75, 3.05) is 0 Å². The van der Waals surface area contributed by atoms with Crippen LogP contribution in [0.25, 0.3) is 21.5 Å². The number of unbranched alkanes of at least 4 members (excludes halogenated alkanes) is 1. The fourth-order valence-electron chi connectivity index (χ4n) is 4.58. The van der Waals surface area contributed by atoms with Gasteiger partial charge in [-0.1, -0.05) is 98.3 Å². The van der Waals surface area contributed by atoms with Crippen molar-refractivity contribution in [3.05, 3.63) is 120 Å². The van der Waals surface area contributed by atoms with Crippen LogP contribution in [0.15, 0.2) is 84.9 Å². The number of rotatable bonds is 7. The molecule has 0 saturated heterocycles. The molecule has 5 aromatic rings. The molecular weight excluding hydrogens is 404 g/mol. The van der Waals surface area contributed by atoms with Gasteiger partial charge in [0.1, 0.15) is 11.5 Å². The first kappa shape index (κ1) is 21.1. The maximum atomic E-state index is 13.7. The van der Waals surface area contributed by atoms with Crippen molar-refractivity contribution in [2.24, 2.45) is 0 Å². The van der Waals surface area contributed by atoms with Gasteiger partial charge in [0.2, 0.25) is 5.78 Å². The van der Waals surface area contributed by atoms with E-state index in [1.165, 1.54) is 16.3 Å². The molecule has 0 aliphatic heterocycles. The van der Waals surface area contributed by atoms with Gasteiger partial charge in [-0.15, -0.1) is 0 Å². The van der Waals surface area contributed by atoms with Gasteiger partial charge in [0, 0.05) is 24.2 Å². The molecule has 3 nitrogen and oxygen atoms in total. The summed E-state index contributed by atoms with van der Waals surface area (Å²) in [6.07, 6.45) is 2.92. The van der Waals surface area contributed by atoms with Gasteiger partial charge in [-0.2, -0.15) is 0 Å². The Bertz CT molecular complexity index is 1450. The van der Waals surface area contributed by atoms with Gasteiger partial charge >= 0.3 is 0 Å². The highest BCUT2D eigenvalue weighted by atomic mass is 16.1. The lowest BCUT2D eigenvalue weighted by Crippen LogP contribution is -2.09. The number of fused-ring (bicyclic) bond motifs is 2. The SMILES string of the molecule is [CH2]c1c(C(=O)c2cccc3ccccc23)nc(CCCC)n1Cc1cccc2ccccc12. The van der Waals surface area contributed by atoms with Crippen LogP contribution in [0.1, 0.15) is 52.9 Å². The standard InChI is InChI=1S/C30H27N2O/c1-3-4-19-28-31-29(30(33)27-18-10-14-23-12-6-8-17-26(23)27)21(2)32(28)20-24-15-9-13-22-11-5-7-16-25(22)24/h5-18H,2-4,19-20H2,1H3. The van der Waals surface area contributed by atoms with Crippen LogP contribution in [0.3, 0.4) is 0 Å². The summed E-state index contributed by atoms with van der Waals surface area (Å²) in [4.78, 5) is 18.5. The third-order valence-corrected chi connectivity index (χ3v) is 6.36. The van der Waals surface area contributed by atoms with E-state index in [0.717, 1.165) is 35.9 Å². The number of ketones is 1. The summed E-state index contributed by atoms with van der Waals surface area (Å²) in [5.74, 6) is 0.865. The van der Waals surface area contributed by atoms with E-state index < -0.39 is 0 Å². The van der Waals surface area contributed by atoms with Crippen molar-refractivity contribution in [3.8, 4) is 0 Å². The summed E-state index contributed by atoms with van der Waals surface area (Å²) in [7, 11) is 0. The Labute approximate surface area is 194 Å². The first-order chi connectivity index (χ1) is 16.2. The van der Waals surface area contributed by atoms with Crippen molar-refractivity contribution in [3.63, 3.8) is 0 Å². The minimum absolute atomic E-state index is 0.0637. The smallest absolute Gasteiger partial charge is 0.213 e. The summed E-state index contributed by atoms with van der Waals surface area (Å²) >= 11 is 0. The number of carbonyl (C=O) groups excluding carboxylic acids is 1. The van der Waals surface area contributed by atoms with E-state index >= 15 is 0 Å². The van der Waals surface area contributed by atoms with Crippen LogP contribution in [0.4, 0.5) is 0 Å². The lowest BCUT2D eigenvalue weighted by Gasteiger charge is -2.12. The number of aromatic nitrogens is 2. The topological polar surface area (TPSA) is 34.9 Å². The predicted molar refractivity (Wildman–Crippen MR) is 136 cm³/mol. The molecule has 1 aromatic heterocycles. The van der Waals surface area contributed by atoms with E-state index in [0.29, 0.717) is 23.5 Å². The summed E-state index contributed by atoms with van der Waals surface area (Å²) in [5.41, 5.74) is 3.02. The molecule has 1 heterocycles. The number of benzene rings is 4. The predicted octanol–water partition coefficient (Wildman–Crippen LogP) is 6.99. The second-order valence-electron chi connectivity index (χ2n) is 8.51. The van der Waals surface area contributed by atoms with Gasteiger partial charge in [0.15, 0.2) is 0 Å². The van der Waals surface area contributed by atoms with Gasteiger partial charge in [-0.3, -0.25) is 4.79 Å². The molecule has 0 saturated carbocycles. The molecule has 0 atom stereocenters. The molecule has 33 heavy (non-hydrogen) atoms. The monoisotopic (exact) mass is 431 g/mol. The highest BCUT2D eigenvalue weighted by molar-refractivity contribution is 6.16. The molecule has 0 fully saturated rings. The lowest BCUT2D eigenvalue weighted by atomic mass is 9.99. The minimum Gasteiger partial charge on any atom is -0.327 e. The summed E-state index contributed by atoms with van der Waals surface area (Å²) in [5, 5.41) is 4.43. The van der Waals surface area contributed by atoms with Crippen LogP contribution >= 0.6 is 0 Å². The van der Waals surface area contributed by atoms with E-state index in [2.05, 4.69) is 60.9 Å². The molecule has 5 rings (SSSR count). The third kappa shape index (κ3) is 3.95. The summed E-state index contributed by atoms with van der Waals surface area (Å²) in [6, 6.07) is 28.6. The Morgan fingerprint density at radius 3 is 2.24 bits per heavy atom. The number of aryl methyl sites for hydroxylation is 1. The summed E-state index contributed by atoms with van der Waals surface area (Å²) in [6.45, 7) is 7.15. The number of nitrogens with zero attached hydrogens (tertiary/aromatic N) is 2. The van der Waals surface area contributed by atoms with E-state index in [-0.39, 0.29) is 5.78 Å². The fraction of sp³-hybridized carbons (Fsp3) is 0.167. The third-order valence-electron chi connectivity index (χ3n) is 6.36. The molecule has 0 N–H and O–H groups in total. The molecule has 1 radical (unpaired) electrons. The number of hydrogen-bond acceptors (Lipinski definition) is 2. The highest BCUT2D eigenvalue weighted by Crippen LogP contribution is 2.26. The van der Waals surface area contributed by atoms with E-state index in [1.54, 1.807) is 0 Å². The average Bonchev–Trinajstić information content (AvgIpc) is 3.17. The van der Waals surface area contributed by atoms with Crippen LogP contribution in [-0.2, 0) is 13.0 Å². The molecular formula is C30H27N2O. The van der Waals surface area contributed by atoms with E-state index in [4.69, 9.17) is 4.98 Å². The first-order valence-corrected chi connectivity index (χ1v) is 11.6. The van der Waals surface area contributed by atoms with E-state index in [1.807, 2.05) is 42.5 Å².